The van der Waals surface area contributed by atoms with E-state index in [2.05, 4.69) is 53.1 Å². The molecule has 0 aliphatic carbocycles. The van der Waals surface area contributed by atoms with Crippen LogP contribution in [0.25, 0.3) is 6.08 Å². The van der Waals surface area contributed by atoms with E-state index in [1.807, 2.05) is 0 Å². The largest absolute Gasteiger partial charge is 0.493 e. The van der Waals surface area contributed by atoms with Crippen molar-refractivity contribution in [2.75, 3.05) is 12.0 Å². The number of halogens is 5. The number of hydrogen-bond donors (Lipinski definition) is 1. The molecule has 3 aromatic carbocycles. The lowest BCUT2D eigenvalue weighted by Crippen LogP contribution is -2.54. The number of rotatable bonds is 6. The van der Waals surface area contributed by atoms with Crippen LogP contribution in [0, 0.1) is 0 Å². The summed E-state index contributed by atoms with van der Waals surface area (Å²) < 4.78 is 13.5. The maximum absolute atomic E-state index is 13.4. The second kappa shape index (κ2) is 11.8. The zero-order valence-corrected chi connectivity index (χ0v) is 25.9. The average Bonchev–Trinajstić information content (AvgIpc) is 2.86. The molecule has 2 amide bonds. The summed E-state index contributed by atoms with van der Waals surface area (Å²) >= 11 is 27.8. The first-order valence-electron chi connectivity index (χ1n) is 10.4. The fourth-order valence-corrected chi connectivity index (χ4v) is 5.23. The van der Waals surface area contributed by atoms with E-state index in [1.165, 1.54) is 18.1 Å². The standard InChI is InChI=1S/C25H15Br3Cl2N2O4S/c1-35-19-10-13(20(27)21(28)22(19)36-11-12-2-7-17(29)18(30)8-12)9-16-23(33)31-25(37)32(24(16)34)15-5-3-14(26)4-6-15/h2-10H,11H2,1H3,(H,31,33,37)/b16-9+. The van der Waals surface area contributed by atoms with E-state index < -0.39 is 11.8 Å². The smallest absolute Gasteiger partial charge is 0.270 e. The van der Waals surface area contributed by atoms with Gasteiger partial charge in [-0.15, -0.1) is 0 Å². The Morgan fingerprint density at radius 2 is 1.70 bits per heavy atom. The topological polar surface area (TPSA) is 67.9 Å². The van der Waals surface area contributed by atoms with E-state index >= 15 is 0 Å². The fourth-order valence-electron chi connectivity index (χ4n) is 3.42. The van der Waals surface area contributed by atoms with Gasteiger partial charge in [0.1, 0.15) is 12.2 Å². The number of nitrogens with one attached hydrogen (secondary N) is 1. The fraction of sp³-hybridized carbons (Fsp3) is 0.0800. The monoisotopic (exact) mass is 746 g/mol. The van der Waals surface area contributed by atoms with E-state index in [1.54, 1.807) is 48.5 Å². The van der Waals surface area contributed by atoms with Crippen LogP contribution in [-0.2, 0) is 16.2 Å². The van der Waals surface area contributed by atoms with Crippen LogP contribution in [0.1, 0.15) is 11.1 Å². The van der Waals surface area contributed by atoms with Gasteiger partial charge in [0, 0.05) is 8.95 Å². The van der Waals surface area contributed by atoms with Gasteiger partial charge in [-0.3, -0.25) is 19.8 Å². The zero-order chi connectivity index (χ0) is 26.9. The molecule has 3 aromatic rings. The van der Waals surface area contributed by atoms with Gasteiger partial charge in [0.25, 0.3) is 11.8 Å². The van der Waals surface area contributed by atoms with Crippen LogP contribution < -0.4 is 19.7 Å². The highest BCUT2D eigenvalue weighted by atomic mass is 79.9. The average molecular weight is 750 g/mol. The predicted octanol–water partition coefficient (Wildman–Crippen LogP) is 7.70. The lowest BCUT2D eigenvalue weighted by molar-refractivity contribution is -0.122. The maximum Gasteiger partial charge on any atom is 0.270 e. The highest BCUT2D eigenvalue weighted by Gasteiger charge is 2.35. The Morgan fingerprint density at radius 1 is 1.00 bits per heavy atom. The molecule has 37 heavy (non-hydrogen) atoms. The molecule has 12 heteroatoms. The highest BCUT2D eigenvalue weighted by Crippen LogP contribution is 2.44. The first-order chi connectivity index (χ1) is 17.6. The van der Waals surface area contributed by atoms with Gasteiger partial charge in [-0.1, -0.05) is 45.2 Å². The Balaban J connectivity index is 1.68. The Kier molecular flexibility index (Phi) is 8.98. The lowest BCUT2D eigenvalue weighted by atomic mass is 10.1. The second-order valence-corrected chi connectivity index (χ2v) is 11.3. The summed E-state index contributed by atoms with van der Waals surface area (Å²) in [7, 11) is 1.49. The molecule has 4 rings (SSSR count). The third-order valence-corrected chi connectivity index (χ3v) is 8.92. The zero-order valence-electron chi connectivity index (χ0n) is 18.8. The van der Waals surface area contributed by atoms with Crippen molar-refractivity contribution in [3.8, 4) is 11.5 Å². The van der Waals surface area contributed by atoms with Crippen molar-refractivity contribution in [3.05, 3.63) is 88.7 Å². The number of carbonyl (C=O) groups excluding carboxylic acids is 2. The SMILES string of the molecule is COc1cc(/C=C2\C(=O)NC(=S)N(c3ccc(Br)cc3)C2=O)c(Br)c(Br)c1OCc1ccc(Cl)c(Cl)c1. The Labute approximate surface area is 253 Å². The molecule has 1 aliphatic rings. The minimum Gasteiger partial charge on any atom is -0.493 e. The first-order valence-corrected chi connectivity index (χ1v) is 13.9. The van der Waals surface area contributed by atoms with E-state index in [0.717, 1.165) is 10.0 Å². The molecule has 1 saturated heterocycles. The minimum absolute atomic E-state index is 0.00153. The second-order valence-electron chi connectivity index (χ2n) is 7.60. The molecule has 1 aliphatic heterocycles. The van der Waals surface area contributed by atoms with Gasteiger partial charge in [-0.05, 0) is 104 Å². The van der Waals surface area contributed by atoms with Gasteiger partial charge in [0.15, 0.2) is 16.6 Å². The highest BCUT2D eigenvalue weighted by molar-refractivity contribution is 9.13. The predicted molar refractivity (Wildman–Crippen MR) is 160 cm³/mol. The number of anilines is 1. The molecule has 0 radical (unpaired) electrons. The maximum atomic E-state index is 13.4. The van der Waals surface area contributed by atoms with E-state index in [0.29, 0.717) is 41.7 Å². The number of hydrogen-bond acceptors (Lipinski definition) is 5. The number of benzene rings is 3. The minimum atomic E-state index is -0.606. The van der Waals surface area contributed by atoms with Crippen LogP contribution in [0.2, 0.25) is 10.0 Å². The quantitative estimate of drug-likeness (QED) is 0.159. The first kappa shape index (κ1) is 28.1. The molecule has 0 unspecified atom stereocenters. The summed E-state index contributed by atoms with van der Waals surface area (Å²) in [5.41, 5.74) is 1.73. The van der Waals surface area contributed by atoms with Crippen molar-refractivity contribution in [1.82, 2.24) is 5.32 Å². The Bertz CT molecular complexity index is 1470. The number of nitrogens with zero attached hydrogens (tertiary/aromatic N) is 1. The summed E-state index contributed by atoms with van der Waals surface area (Å²) in [4.78, 5) is 27.4. The van der Waals surface area contributed by atoms with E-state index in [-0.39, 0.29) is 17.3 Å². The lowest BCUT2D eigenvalue weighted by Gasteiger charge is -2.29. The van der Waals surface area contributed by atoms with Gasteiger partial charge < -0.3 is 9.47 Å². The van der Waals surface area contributed by atoms with Crippen molar-refractivity contribution in [3.63, 3.8) is 0 Å². The van der Waals surface area contributed by atoms with Gasteiger partial charge in [-0.2, -0.15) is 0 Å². The van der Waals surface area contributed by atoms with Crippen LogP contribution >= 0.6 is 83.2 Å². The summed E-state index contributed by atoms with van der Waals surface area (Å²) in [6.07, 6.45) is 1.46. The van der Waals surface area contributed by atoms with E-state index in [4.69, 9.17) is 44.9 Å². The summed E-state index contributed by atoms with van der Waals surface area (Å²) in [5, 5.41) is 3.45. The summed E-state index contributed by atoms with van der Waals surface area (Å²) in [6, 6.07) is 13.9. The molecule has 1 heterocycles. The van der Waals surface area contributed by atoms with Crippen molar-refractivity contribution in [2.24, 2.45) is 0 Å². The van der Waals surface area contributed by atoms with Crippen LogP contribution in [-0.4, -0.2) is 24.0 Å². The molecular formula is C25H15Br3Cl2N2O4S. The molecule has 1 N–H and O–H groups in total. The van der Waals surface area contributed by atoms with Gasteiger partial charge in [0.2, 0.25) is 0 Å². The van der Waals surface area contributed by atoms with Crippen molar-refractivity contribution in [2.45, 2.75) is 6.61 Å². The van der Waals surface area contributed by atoms with Crippen LogP contribution in [0.15, 0.2) is 67.5 Å². The molecule has 0 saturated carbocycles. The molecule has 0 atom stereocenters. The number of amides is 2. The van der Waals surface area contributed by atoms with Gasteiger partial charge >= 0.3 is 0 Å². The van der Waals surface area contributed by atoms with E-state index in [9.17, 15) is 9.59 Å². The molecule has 0 spiro atoms. The number of methoxy groups -OCH3 is 1. The van der Waals surface area contributed by atoms with Crippen molar-refractivity contribution in [1.29, 1.82) is 0 Å². The van der Waals surface area contributed by atoms with Gasteiger partial charge in [-0.25, -0.2) is 0 Å². The van der Waals surface area contributed by atoms with Crippen LogP contribution in [0.4, 0.5) is 5.69 Å². The van der Waals surface area contributed by atoms with Gasteiger partial charge in [0.05, 0.1) is 27.3 Å². The normalized spacial score (nSPS) is 14.7. The molecule has 190 valence electrons. The third kappa shape index (κ3) is 6.05. The van der Waals surface area contributed by atoms with Crippen LogP contribution in [0.5, 0.6) is 11.5 Å². The molecule has 1 fully saturated rings. The molecule has 0 bridgehead atoms. The molecule has 0 aromatic heterocycles. The number of ether oxygens (including phenoxy) is 2. The molecular weight excluding hydrogens is 735 g/mol. The van der Waals surface area contributed by atoms with Crippen molar-refractivity contribution < 1.29 is 19.1 Å². The van der Waals surface area contributed by atoms with Crippen molar-refractivity contribution >= 4 is 112 Å². The molecule has 6 nitrogen and oxygen atoms in total. The summed E-state index contributed by atoms with van der Waals surface area (Å²) in [5.74, 6) is -0.367. The van der Waals surface area contributed by atoms with Crippen LogP contribution in [0.3, 0.4) is 0 Å². The third-order valence-electron chi connectivity index (χ3n) is 5.23. The Morgan fingerprint density at radius 3 is 2.35 bits per heavy atom. The number of thiocarbonyl (C=S) groups is 1. The summed E-state index contributed by atoms with van der Waals surface area (Å²) in [6.45, 7) is 0.194. The Hall–Kier alpha value is -1.95. The number of carbonyl (C=O) groups is 2.